The van der Waals surface area contributed by atoms with E-state index in [1.807, 2.05) is 6.92 Å². The summed E-state index contributed by atoms with van der Waals surface area (Å²) < 4.78 is 5.70. The van der Waals surface area contributed by atoms with Crippen LogP contribution in [-0.4, -0.2) is 18.0 Å². The molecule has 0 aromatic carbocycles. The molecule has 0 aliphatic carbocycles. The maximum atomic E-state index is 12.1. The van der Waals surface area contributed by atoms with Crippen LogP contribution in [-0.2, 0) is 9.53 Å². The standard InChI is InChI=1S/C13H24O2/c1-6-8(2)7-12(14)13-9(3)10(4)15-11(13)5/h8-11,13H,6-7H2,1-5H3. The van der Waals surface area contributed by atoms with Crippen LogP contribution in [0.3, 0.4) is 0 Å². The topological polar surface area (TPSA) is 26.3 Å². The molecule has 0 aromatic rings. The van der Waals surface area contributed by atoms with Crippen molar-refractivity contribution in [1.82, 2.24) is 0 Å². The van der Waals surface area contributed by atoms with Gasteiger partial charge in [-0.1, -0.05) is 27.2 Å². The molecule has 1 saturated heterocycles. The highest BCUT2D eigenvalue weighted by Gasteiger charge is 2.41. The van der Waals surface area contributed by atoms with E-state index in [9.17, 15) is 4.79 Å². The van der Waals surface area contributed by atoms with Crippen molar-refractivity contribution in [2.45, 2.75) is 59.7 Å². The summed E-state index contributed by atoms with van der Waals surface area (Å²) in [6, 6.07) is 0. The van der Waals surface area contributed by atoms with E-state index in [1.54, 1.807) is 0 Å². The summed E-state index contributed by atoms with van der Waals surface area (Å²) in [5.74, 6) is 1.40. The zero-order valence-electron chi connectivity index (χ0n) is 10.6. The smallest absolute Gasteiger partial charge is 0.139 e. The van der Waals surface area contributed by atoms with E-state index in [4.69, 9.17) is 4.74 Å². The Kier molecular flexibility index (Phi) is 4.32. The molecular formula is C13H24O2. The lowest BCUT2D eigenvalue weighted by Crippen LogP contribution is -2.27. The first kappa shape index (κ1) is 12.7. The predicted molar refractivity (Wildman–Crippen MR) is 61.7 cm³/mol. The average Bonchev–Trinajstić information content (AvgIpc) is 2.41. The number of rotatable bonds is 4. The lowest BCUT2D eigenvalue weighted by atomic mass is 9.82. The molecule has 88 valence electrons. The molecule has 15 heavy (non-hydrogen) atoms. The molecule has 5 atom stereocenters. The molecule has 1 fully saturated rings. The molecule has 0 N–H and O–H groups in total. The third-order valence-electron chi connectivity index (χ3n) is 3.86. The minimum atomic E-state index is 0.103. The van der Waals surface area contributed by atoms with Crippen LogP contribution in [0.15, 0.2) is 0 Å². The number of hydrogen-bond donors (Lipinski definition) is 0. The van der Waals surface area contributed by atoms with Gasteiger partial charge in [0.15, 0.2) is 0 Å². The van der Waals surface area contributed by atoms with E-state index in [-0.39, 0.29) is 18.1 Å². The Morgan fingerprint density at radius 3 is 2.27 bits per heavy atom. The Hall–Kier alpha value is -0.370. The van der Waals surface area contributed by atoms with Crippen LogP contribution in [0, 0.1) is 17.8 Å². The molecule has 0 saturated carbocycles. The summed E-state index contributed by atoms with van der Waals surface area (Å²) in [4.78, 5) is 12.1. The van der Waals surface area contributed by atoms with E-state index < -0.39 is 0 Å². The van der Waals surface area contributed by atoms with Gasteiger partial charge in [0.05, 0.1) is 12.2 Å². The van der Waals surface area contributed by atoms with E-state index >= 15 is 0 Å². The molecule has 2 heteroatoms. The minimum absolute atomic E-state index is 0.103. The van der Waals surface area contributed by atoms with Crippen molar-refractivity contribution in [3.05, 3.63) is 0 Å². The van der Waals surface area contributed by atoms with Gasteiger partial charge in [-0.3, -0.25) is 4.79 Å². The SMILES string of the molecule is CCC(C)CC(=O)C1C(C)OC(C)C1C. The van der Waals surface area contributed by atoms with Gasteiger partial charge in [-0.25, -0.2) is 0 Å². The summed E-state index contributed by atoms with van der Waals surface area (Å²) in [5, 5.41) is 0. The molecule has 0 amide bonds. The molecule has 1 aliphatic heterocycles. The van der Waals surface area contributed by atoms with Crippen molar-refractivity contribution in [1.29, 1.82) is 0 Å². The molecular weight excluding hydrogens is 188 g/mol. The van der Waals surface area contributed by atoms with Crippen molar-refractivity contribution in [2.75, 3.05) is 0 Å². The van der Waals surface area contributed by atoms with Crippen LogP contribution in [0.1, 0.15) is 47.5 Å². The van der Waals surface area contributed by atoms with Gasteiger partial charge in [-0.15, -0.1) is 0 Å². The van der Waals surface area contributed by atoms with Gasteiger partial charge < -0.3 is 4.74 Å². The maximum Gasteiger partial charge on any atom is 0.139 e. The fourth-order valence-corrected chi connectivity index (χ4v) is 2.45. The molecule has 2 nitrogen and oxygen atoms in total. The number of carbonyl (C=O) groups is 1. The second-order valence-electron chi connectivity index (χ2n) is 5.12. The molecule has 0 radical (unpaired) electrons. The van der Waals surface area contributed by atoms with Gasteiger partial charge in [0, 0.05) is 12.3 Å². The molecule has 1 heterocycles. The van der Waals surface area contributed by atoms with Crippen molar-refractivity contribution < 1.29 is 9.53 Å². The first-order chi connectivity index (χ1) is 6.97. The highest BCUT2D eigenvalue weighted by atomic mass is 16.5. The molecule has 1 aliphatic rings. The van der Waals surface area contributed by atoms with Crippen LogP contribution in [0.2, 0.25) is 0 Å². The molecule has 1 rings (SSSR count). The van der Waals surface area contributed by atoms with Gasteiger partial charge in [0.1, 0.15) is 5.78 Å². The van der Waals surface area contributed by atoms with Crippen LogP contribution in [0.25, 0.3) is 0 Å². The Morgan fingerprint density at radius 2 is 1.87 bits per heavy atom. The van der Waals surface area contributed by atoms with E-state index in [2.05, 4.69) is 27.7 Å². The fourth-order valence-electron chi connectivity index (χ4n) is 2.45. The molecule has 0 spiro atoms. The van der Waals surface area contributed by atoms with Crippen LogP contribution < -0.4 is 0 Å². The Morgan fingerprint density at radius 1 is 1.27 bits per heavy atom. The number of ether oxygens (including phenoxy) is 1. The molecule has 0 aromatic heterocycles. The number of ketones is 1. The first-order valence-electron chi connectivity index (χ1n) is 6.15. The summed E-state index contributed by atoms with van der Waals surface area (Å²) in [5.41, 5.74) is 0. The largest absolute Gasteiger partial charge is 0.375 e. The second kappa shape index (κ2) is 5.11. The maximum absolute atomic E-state index is 12.1. The Bertz CT molecular complexity index is 225. The summed E-state index contributed by atoms with van der Waals surface area (Å²) >= 11 is 0. The third kappa shape index (κ3) is 2.81. The van der Waals surface area contributed by atoms with Gasteiger partial charge in [-0.2, -0.15) is 0 Å². The predicted octanol–water partition coefficient (Wildman–Crippen LogP) is 3.05. The highest BCUT2D eigenvalue weighted by Crippen LogP contribution is 2.34. The van der Waals surface area contributed by atoms with E-state index in [0.717, 1.165) is 6.42 Å². The van der Waals surface area contributed by atoms with Crippen molar-refractivity contribution >= 4 is 5.78 Å². The van der Waals surface area contributed by atoms with Crippen LogP contribution >= 0.6 is 0 Å². The Balaban J connectivity index is 2.59. The second-order valence-corrected chi connectivity index (χ2v) is 5.12. The number of Topliss-reactive ketones (excluding diaryl/α,β-unsaturated/α-hetero) is 1. The quantitative estimate of drug-likeness (QED) is 0.716. The zero-order chi connectivity index (χ0) is 11.6. The lowest BCUT2D eigenvalue weighted by molar-refractivity contribution is -0.125. The van der Waals surface area contributed by atoms with Gasteiger partial charge in [0.25, 0.3) is 0 Å². The first-order valence-corrected chi connectivity index (χ1v) is 6.15. The monoisotopic (exact) mass is 212 g/mol. The fraction of sp³-hybridized carbons (Fsp3) is 0.923. The molecule has 0 bridgehead atoms. The summed E-state index contributed by atoms with van der Waals surface area (Å²) in [7, 11) is 0. The number of hydrogen-bond acceptors (Lipinski definition) is 2. The highest BCUT2D eigenvalue weighted by molar-refractivity contribution is 5.82. The summed E-state index contributed by atoms with van der Waals surface area (Å²) in [6.07, 6.45) is 2.13. The van der Waals surface area contributed by atoms with Gasteiger partial charge >= 0.3 is 0 Å². The van der Waals surface area contributed by atoms with Crippen LogP contribution in [0.4, 0.5) is 0 Å². The third-order valence-corrected chi connectivity index (χ3v) is 3.86. The minimum Gasteiger partial charge on any atom is -0.375 e. The average molecular weight is 212 g/mol. The van der Waals surface area contributed by atoms with Crippen molar-refractivity contribution in [3.63, 3.8) is 0 Å². The normalized spacial score (nSPS) is 37.9. The Labute approximate surface area is 93.4 Å². The van der Waals surface area contributed by atoms with E-state index in [1.165, 1.54) is 0 Å². The van der Waals surface area contributed by atoms with Gasteiger partial charge in [-0.05, 0) is 25.7 Å². The van der Waals surface area contributed by atoms with Gasteiger partial charge in [0.2, 0.25) is 0 Å². The van der Waals surface area contributed by atoms with E-state index in [0.29, 0.717) is 24.0 Å². The van der Waals surface area contributed by atoms with Crippen LogP contribution in [0.5, 0.6) is 0 Å². The van der Waals surface area contributed by atoms with Crippen molar-refractivity contribution in [3.8, 4) is 0 Å². The molecule has 5 unspecified atom stereocenters. The van der Waals surface area contributed by atoms with Crippen molar-refractivity contribution in [2.24, 2.45) is 17.8 Å². The number of carbonyl (C=O) groups excluding carboxylic acids is 1. The lowest BCUT2D eigenvalue weighted by Gasteiger charge is -2.18. The summed E-state index contributed by atoms with van der Waals surface area (Å²) in [6.45, 7) is 10.5. The zero-order valence-corrected chi connectivity index (χ0v) is 10.6.